The molecular formula is C23H20N2O4S. The van der Waals surface area contributed by atoms with Crippen molar-refractivity contribution < 1.29 is 18.0 Å². The van der Waals surface area contributed by atoms with E-state index in [0.717, 1.165) is 9.87 Å². The quantitative estimate of drug-likeness (QED) is 0.683. The van der Waals surface area contributed by atoms with Gasteiger partial charge >= 0.3 is 0 Å². The van der Waals surface area contributed by atoms with E-state index < -0.39 is 21.8 Å². The number of hydrogen-bond acceptors (Lipinski definition) is 4. The summed E-state index contributed by atoms with van der Waals surface area (Å²) in [4.78, 5) is 25.0. The van der Waals surface area contributed by atoms with Crippen molar-refractivity contribution in [2.75, 3.05) is 11.9 Å². The van der Waals surface area contributed by atoms with Crippen LogP contribution in [0.2, 0.25) is 0 Å². The second kappa shape index (κ2) is 8.12. The van der Waals surface area contributed by atoms with E-state index in [1.165, 1.54) is 24.3 Å². The predicted octanol–water partition coefficient (Wildman–Crippen LogP) is 3.64. The lowest BCUT2D eigenvalue weighted by Gasteiger charge is -2.18. The van der Waals surface area contributed by atoms with Gasteiger partial charge in [0.05, 0.1) is 4.90 Å². The van der Waals surface area contributed by atoms with Gasteiger partial charge in [-0.25, -0.2) is 12.7 Å². The molecule has 0 spiro atoms. The van der Waals surface area contributed by atoms with Gasteiger partial charge in [-0.05, 0) is 35.9 Å². The lowest BCUT2D eigenvalue weighted by atomic mass is 9.99. The fourth-order valence-electron chi connectivity index (χ4n) is 3.51. The molecular weight excluding hydrogens is 400 g/mol. The van der Waals surface area contributed by atoms with E-state index >= 15 is 0 Å². The molecule has 0 radical (unpaired) electrons. The van der Waals surface area contributed by atoms with E-state index in [1.807, 2.05) is 36.4 Å². The summed E-state index contributed by atoms with van der Waals surface area (Å²) in [5.74, 6) is -1.05. The molecule has 152 valence electrons. The van der Waals surface area contributed by atoms with Gasteiger partial charge in [0, 0.05) is 30.1 Å². The van der Waals surface area contributed by atoms with Crippen LogP contribution in [0.5, 0.6) is 0 Å². The summed E-state index contributed by atoms with van der Waals surface area (Å²) in [6.07, 6.45) is 0.136. The molecule has 0 aromatic heterocycles. The Balaban J connectivity index is 1.57. The SMILES string of the molecule is O=C(Nc1ccccc1)c1cccc(S(=O)(=O)N2C[C@@H](c3ccccc3)CC2=O)c1. The molecule has 1 heterocycles. The molecule has 7 heteroatoms. The lowest BCUT2D eigenvalue weighted by Crippen LogP contribution is -2.32. The molecule has 1 saturated heterocycles. The summed E-state index contributed by atoms with van der Waals surface area (Å²) < 4.78 is 27.2. The van der Waals surface area contributed by atoms with Gasteiger partial charge in [0.25, 0.3) is 15.9 Å². The van der Waals surface area contributed by atoms with Crippen molar-refractivity contribution in [1.29, 1.82) is 0 Å². The van der Waals surface area contributed by atoms with Gasteiger partial charge in [0.2, 0.25) is 5.91 Å². The Hall–Kier alpha value is -3.45. The van der Waals surface area contributed by atoms with Crippen molar-refractivity contribution in [3.63, 3.8) is 0 Å². The molecule has 0 bridgehead atoms. The zero-order chi connectivity index (χ0) is 21.1. The first kappa shape index (κ1) is 19.8. The monoisotopic (exact) mass is 420 g/mol. The van der Waals surface area contributed by atoms with E-state index in [2.05, 4.69) is 5.32 Å². The van der Waals surface area contributed by atoms with E-state index in [9.17, 15) is 18.0 Å². The van der Waals surface area contributed by atoms with Crippen molar-refractivity contribution in [1.82, 2.24) is 4.31 Å². The van der Waals surface area contributed by atoms with Crippen LogP contribution >= 0.6 is 0 Å². The Bertz CT molecular complexity index is 1180. The first-order valence-electron chi connectivity index (χ1n) is 9.52. The average molecular weight is 420 g/mol. The third-order valence-electron chi connectivity index (χ3n) is 5.07. The summed E-state index contributed by atoms with van der Waals surface area (Å²) in [7, 11) is -4.05. The van der Waals surface area contributed by atoms with Crippen molar-refractivity contribution in [3.05, 3.63) is 96.1 Å². The first-order valence-corrected chi connectivity index (χ1v) is 11.0. The van der Waals surface area contributed by atoms with Gasteiger partial charge in [-0.15, -0.1) is 0 Å². The molecule has 1 aliphatic rings. The molecule has 0 unspecified atom stereocenters. The van der Waals surface area contributed by atoms with Gasteiger partial charge in [-0.1, -0.05) is 54.6 Å². The second-order valence-corrected chi connectivity index (χ2v) is 8.95. The van der Waals surface area contributed by atoms with Gasteiger partial charge in [-0.3, -0.25) is 9.59 Å². The Labute approximate surface area is 175 Å². The van der Waals surface area contributed by atoms with Gasteiger partial charge < -0.3 is 5.32 Å². The van der Waals surface area contributed by atoms with E-state index in [1.54, 1.807) is 24.3 Å². The number of carbonyl (C=O) groups excluding carboxylic acids is 2. The zero-order valence-corrected chi connectivity index (χ0v) is 16.9. The molecule has 6 nitrogen and oxygen atoms in total. The summed E-state index contributed by atoms with van der Waals surface area (Å²) in [5.41, 5.74) is 1.74. The maximum atomic E-state index is 13.1. The average Bonchev–Trinajstić information content (AvgIpc) is 3.18. The smallest absolute Gasteiger partial charge is 0.266 e. The standard InChI is InChI=1S/C23H20N2O4S/c26-22-15-19(17-8-3-1-4-9-17)16-25(22)30(28,29)21-13-7-10-18(14-21)23(27)24-20-11-5-2-6-12-20/h1-14,19H,15-16H2,(H,24,27)/t19-/m0/s1. The van der Waals surface area contributed by atoms with Crippen molar-refractivity contribution in [3.8, 4) is 0 Å². The molecule has 4 rings (SSSR count). The largest absolute Gasteiger partial charge is 0.322 e. The molecule has 1 N–H and O–H groups in total. The number of benzene rings is 3. The number of nitrogens with zero attached hydrogens (tertiary/aromatic N) is 1. The number of hydrogen-bond donors (Lipinski definition) is 1. The Morgan fingerprint density at radius 1 is 0.900 bits per heavy atom. The molecule has 0 saturated carbocycles. The van der Waals surface area contributed by atoms with Crippen LogP contribution < -0.4 is 5.32 Å². The fourth-order valence-corrected chi connectivity index (χ4v) is 5.01. The molecule has 30 heavy (non-hydrogen) atoms. The van der Waals surface area contributed by atoms with E-state index in [4.69, 9.17) is 0 Å². The number of sulfonamides is 1. The van der Waals surface area contributed by atoms with Crippen LogP contribution in [0.4, 0.5) is 5.69 Å². The van der Waals surface area contributed by atoms with Crippen LogP contribution in [0.3, 0.4) is 0 Å². The number of rotatable bonds is 5. The molecule has 3 aromatic carbocycles. The maximum Gasteiger partial charge on any atom is 0.266 e. The third-order valence-corrected chi connectivity index (χ3v) is 6.85. The van der Waals surface area contributed by atoms with Crippen LogP contribution in [-0.4, -0.2) is 31.1 Å². The highest BCUT2D eigenvalue weighted by Crippen LogP contribution is 2.32. The number of amides is 2. The number of para-hydroxylation sites is 1. The Morgan fingerprint density at radius 3 is 2.27 bits per heavy atom. The zero-order valence-electron chi connectivity index (χ0n) is 16.1. The van der Waals surface area contributed by atoms with Crippen LogP contribution in [0.15, 0.2) is 89.8 Å². The normalized spacial score (nSPS) is 16.5. The van der Waals surface area contributed by atoms with Crippen molar-refractivity contribution >= 4 is 27.5 Å². The second-order valence-electron chi connectivity index (χ2n) is 7.09. The molecule has 1 aliphatic heterocycles. The number of carbonyl (C=O) groups is 2. The van der Waals surface area contributed by atoms with Crippen LogP contribution in [0, 0.1) is 0 Å². The maximum absolute atomic E-state index is 13.1. The number of nitrogens with one attached hydrogen (secondary N) is 1. The summed E-state index contributed by atoms with van der Waals surface area (Å²) in [5, 5.41) is 2.73. The Morgan fingerprint density at radius 2 is 1.57 bits per heavy atom. The predicted molar refractivity (Wildman–Crippen MR) is 114 cm³/mol. The van der Waals surface area contributed by atoms with Crippen LogP contribution in [0.1, 0.15) is 28.3 Å². The highest BCUT2D eigenvalue weighted by molar-refractivity contribution is 7.89. The minimum atomic E-state index is -4.05. The highest BCUT2D eigenvalue weighted by atomic mass is 32.2. The summed E-state index contributed by atoms with van der Waals surface area (Å²) in [6, 6.07) is 24.0. The minimum Gasteiger partial charge on any atom is -0.322 e. The van der Waals surface area contributed by atoms with Crippen LogP contribution in [-0.2, 0) is 14.8 Å². The molecule has 1 atom stereocenters. The molecule has 0 aliphatic carbocycles. The fraction of sp³-hybridized carbons (Fsp3) is 0.130. The van der Waals surface area contributed by atoms with Crippen molar-refractivity contribution in [2.45, 2.75) is 17.2 Å². The van der Waals surface area contributed by atoms with Gasteiger partial charge in [0.1, 0.15) is 0 Å². The van der Waals surface area contributed by atoms with Crippen molar-refractivity contribution in [2.24, 2.45) is 0 Å². The summed E-state index contributed by atoms with van der Waals surface area (Å²) in [6.45, 7) is 0.0889. The lowest BCUT2D eigenvalue weighted by molar-refractivity contribution is -0.123. The van der Waals surface area contributed by atoms with E-state index in [0.29, 0.717) is 5.69 Å². The Kier molecular flexibility index (Phi) is 5.37. The highest BCUT2D eigenvalue weighted by Gasteiger charge is 2.39. The molecule has 1 fully saturated rings. The summed E-state index contributed by atoms with van der Waals surface area (Å²) >= 11 is 0. The van der Waals surface area contributed by atoms with Gasteiger partial charge in [-0.2, -0.15) is 0 Å². The number of anilines is 1. The molecule has 3 aromatic rings. The minimum absolute atomic E-state index is 0.0785. The molecule has 2 amide bonds. The third kappa shape index (κ3) is 3.97. The first-order chi connectivity index (χ1) is 14.4. The van der Waals surface area contributed by atoms with Crippen LogP contribution in [0.25, 0.3) is 0 Å². The van der Waals surface area contributed by atoms with E-state index in [-0.39, 0.29) is 29.3 Å². The van der Waals surface area contributed by atoms with Gasteiger partial charge in [0.15, 0.2) is 0 Å². The topological polar surface area (TPSA) is 83.6 Å².